The number of rotatable bonds is 14. The van der Waals surface area contributed by atoms with Crippen molar-refractivity contribution >= 4 is 23.0 Å². The van der Waals surface area contributed by atoms with E-state index in [0.717, 1.165) is 37.6 Å². The van der Waals surface area contributed by atoms with Gasteiger partial charge in [0.05, 0.1) is 6.54 Å². The molecule has 0 amide bonds. The second-order valence-corrected chi connectivity index (χ2v) is 7.67. The number of anilines is 1. The zero-order valence-corrected chi connectivity index (χ0v) is 18.7. The van der Waals surface area contributed by atoms with Gasteiger partial charge in [-0.15, -0.1) is 0 Å². The van der Waals surface area contributed by atoms with E-state index in [1.807, 2.05) is 6.20 Å². The Labute approximate surface area is 180 Å². The third-order valence-corrected chi connectivity index (χ3v) is 4.90. The smallest absolute Gasteiger partial charge is 0.170 e. The van der Waals surface area contributed by atoms with Crippen molar-refractivity contribution in [3.8, 4) is 0 Å². The second-order valence-electron chi connectivity index (χ2n) is 7.27. The topological polar surface area (TPSA) is 68.0 Å². The number of benzene rings is 1. The molecule has 0 aliphatic carbocycles. The Morgan fingerprint density at radius 2 is 1.79 bits per heavy atom. The van der Waals surface area contributed by atoms with Crippen LogP contribution in [-0.2, 0) is 13.1 Å². The standard InChI is InChI=1S/C22H36N6S/c1-3-14-28(15-4-2)16-6-5-11-26-22(29)27-20-9-7-19(8-10-20)17-23-18-21-24-12-13-25-21/h7-10,12-13,23H,3-6,11,14-18H2,1-2H3,(H,24,25)(H2,26,27,29). The highest BCUT2D eigenvalue weighted by Crippen LogP contribution is 2.09. The molecular formula is C22H36N6S. The number of H-pyrrole nitrogens is 1. The van der Waals surface area contributed by atoms with Gasteiger partial charge in [0.15, 0.2) is 5.11 Å². The molecule has 4 N–H and O–H groups in total. The molecule has 0 aliphatic heterocycles. The molecular weight excluding hydrogens is 380 g/mol. The van der Waals surface area contributed by atoms with Crippen LogP contribution < -0.4 is 16.0 Å². The summed E-state index contributed by atoms with van der Waals surface area (Å²) in [5.74, 6) is 0.947. The second kappa shape index (κ2) is 14.1. The predicted molar refractivity (Wildman–Crippen MR) is 126 cm³/mol. The minimum absolute atomic E-state index is 0.688. The summed E-state index contributed by atoms with van der Waals surface area (Å²) in [5.41, 5.74) is 2.24. The fourth-order valence-corrected chi connectivity index (χ4v) is 3.45. The van der Waals surface area contributed by atoms with Gasteiger partial charge in [0.2, 0.25) is 0 Å². The van der Waals surface area contributed by atoms with Crippen LogP contribution in [0.1, 0.15) is 50.9 Å². The van der Waals surface area contributed by atoms with Gasteiger partial charge in [-0.2, -0.15) is 0 Å². The van der Waals surface area contributed by atoms with Gasteiger partial charge in [0, 0.05) is 31.2 Å². The van der Waals surface area contributed by atoms with Gasteiger partial charge in [0.1, 0.15) is 5.82 Å². The Bertz CT molecular complexity index is 665. The van der Waals surface area contributed by atoms with Crippen LogP contribution in [0.3, 0.4) is 0 Å². The van der Waals surface area contributed by atoms with Crippen molar-refractivity contribution in [2.45, 2.75) is 52.6 Å². The molecule has 0 saturated carbocycles. The van der Waals surface area contributed by atoms with Gasteiger partial charge in [0.25, 0.3) is 0 Å². The first kappa shape index (κ1) is 23.3. The summed E-state index contributed by atoms with van der Waals surface area (Å²) in [6, 6.07) is 8.34. The van der Waals surface area contributed by atoms with Gasteiger partial charge < -0.3 is 25.8 Å². The zero-order chi connectivity index (χ0) is 20.7. The number of unbranched alkanes of at least 4 members (excludes halogenated alkanes) is 1. The van der Waals surface area contributed by atoms with E-state index in [1.165, 1.54) is 44.5 Å². The molecule has 0 aliphatic rings. The Morgan fingerprint density at radius 3 is 2.45 bits per heavy atom. The Morgan fingerprint density at radius 1 is 1.03 bits per heavy atom. The van der Waals surface area contributed by atoms with Crippen LogP contribution in [0.2, 0.25) is 0 Å². The van der Waals surface area contributed by atoms with E-state index in [2.05, 4.69) is 68.9 Å². The first-order valence-corrected chi connectivity index (χ1v) is 11.2. The minimum atomic E-state index is 0.688. The number of nitrogens with one attached hydrogen (secondary N) is 4. The maximum absolute atomic E-state index is 5.41. The lowest BCUT2D eigenvalue weighted by Gasteiger charge is -2.20. The number of aromatic amines is 1. The van der Waals surface area contributed by atoms with E-state index < -0.39 is 0 Å². The first-order chi connectivity index (χ1) is 14.2. The average Bonchev–Trinajstić information content (AvgIpc) is 3.23. The van der Waals surface area contributed by atoms with Crippen molar-refractivity contribution < 1.29 is 0 Å². The van der Waals surface area contributed by atoms with Gasteiger partial charge in [-0.1, -0.05) is 26.0 Å². The van der Waals surface area contributed by atoms with Crippen LogP contribution in [-0.4, -0.2) is 46.2 Å². The van der Waals surface area contributed by atoms with Crippen LogP contribution >= 0.6 is 12.2 Å². The minimum Gasteiger partial charge on any atom is -0.362 e. The van der Waals surface area contributed by atoms with Crippen LogP contribution in [0.25, 0.3) is 0 Å². The van der Waals surface area contributed by atoms with Crippen LogP contribution in [0, 0.1) is 0 Å². The molecule has 0 unspecified atom stereocenters. The molecule has 0 bridgehead atoms. The maximum Gasteiger partial charge on any atom is 0.170 e. The molecule has 160 valence electrons. The summed E-state index contributed by atoms with van der Waals surface area (Å²) in [6.07, 6.45) is 8.39. The van der Waals surface area contributed by atoms with Crippen molar-refractivity contribution in [2.75, 3.05) is 31.5 Å². The normalized spacial score (nSPS) is 11.0. The summed E-state index contributed by atoms with van der Waals surface area (Å²) in [6.45, 7) is 10.5. The molecule has 2 rings (SSSR count). The third-order valence-electron chi connectivity index (χ3n) is 4.65. The molecule has 1 aromatic carbocycles. The lowest BCUT2D eigenvalue weighted by atomic mass is 10.2. The number of hydrogen-bond donors (Lipinski definition) is 4. The Hall–Kier alpha value is -1.96. The number of hydrogen-bond acceptors (Lipinski definition) is 4. The fraction of sp³-hybridized carbons (Fsp3) is 0.545. The zero-order valence-electron chi connectivity index (χ0n) is 17.8. The third kappa shape index (κ3) is 9.87. The number of imidazole rings is 1. The first-order valence-electron chi connectivity index (χ1n) is 10.8. The van der Waals surface area contributed by atoms with Gasteiger partial charge in [-0.3, -0.25) is 0 Å². The molecule has 1 heterocycles. The van der Waals surface area contributed by atoms with Crippen LogP contribution in [0.4, 0.5) is 5.69 Å². The molecule has 2 aromatic rings. The lowest BCUT2D eigenvalue weighted by Crippen LogP contribution is -2.30. The molecule has 0 saturated heterocycles. The fourth-order valence-electron chi connectivity index (χ4n) is 3.23. The summed E-state index contributed by atoms with van der Waals surface area (Å²) in [4.78, 5) is 9.85. The number of thiocarbonyl (C=S) groups is 1. The largest absolute Gasteiger partial charge is 0.362 e. The Balaban J connectivity index is 1.58. The molecule has 1 aromatic heterocycles. The molecule has 0 atom stereocenters. The molecule has 0 spiro atoms. The summed E-state index contributed by atoms with van der Waals surface area (Å²) in [5, 5.41) is 10.6. The summed E-state index contributed by atoms with van der Waals surface area (Å²) in [7, 11) is 0. The van der Waals surface area contributed by atoms with Crippen LogP contribution in [0.15, 0.2) is 36.7 Å². The lowest BCUT2D eigenvalue weighted by molar-refractivity contribution is 0.269. The van der Waals surface area contributed by atoms with E-state index in [1.54, 1.807) is 6.20 Å². The van der Waals surface area contributed by atoms with E-state index in [-0.39, 0.29) is 0 Å². The van der Waals surface area contributed by atoms with Gasteiger partial charge in [-0.05, 0) is 75.2 Å². The summed E-state index contributed by atoms with van der Waals surface area (Å²) < 4.78 is 0. The van der Waals surface area contributed by atoms with E-state index in [9.17, 15) is 0 Å². The van der Waals surface area contributed by atoms with Crippen molar-refractivity contribution in [3.05, 3.63) is 48.0 Å². The van der Waals surface area contributed by atoms with Crippen LogP contribution in [0.5, 0.6) is 0 Å². The molecule has 29 heavy (non-hydrogen) atoms. The Kier molecular flexibility index (Phi) is 11.3. The van der Waals surface area contributed by atoms with Crippen molar-refractivity contribution in [1.29, 1.82) is 0 Å². The van der Waals surface area contributed by atoms with Gasteiger partial charge in [-0.25, -0.2) is 4.98 Å². The maximum atomic E-state index is 5.41. The van der Waals surface area contributed by atoms with E-state index in [0.29, 0.717) is 5.11 Å². The quantitative estimate of drug-likeness (QED) is 0.277. The van der Waals surface area contributed by atoms with E-state index >= 15 is 0 Å². The average molecular weight is 417 g/mol. The number of nitrogens with zero attached hydrogens (tertiary/aromatic N) is 2. The van der Waals surface area contributed by atoms with Gasteiger partial charge >= 0.3 is 0 Å². The molecule has 7 heteroatoms. The molecule has 6 nitrogen and oxygen atoms in total. The monoisotopic (exact) mass is 416 g/mol. The number of aromatic nitrogens is 2. The van der Waals surface area contributed by atoms with Crippen molar-refractivity contribution in [3.63, 3.8) is 0 Å². The predicted octanol–water partition coefficient (Wildman–Crippen LogP) is 3.89. The summed E-state index contributed by atoms with van der Waals surface area (Å²) >= 11 is 5.41. The highest BCUT2D eigenvalue weighted by atomic mass is 32.1. The highest BCUT2D eigenvalue weighted by molar-refractivity contribution is 7.80. The van der Waals surface area contributed by atoms with Crippen molar-refractivity contribution in [2.24, 2.45) is 0 Å². The SMILES string of the molecule is CCCN(CCC)CCCCNC(=S)Nc1ccc(CNCc2ncc[nH]2)cc1. The van der Waals surface area contributed by atoms with Crippen molar-refractivity contribution in [1.82, 2.24) is 25.5 Å². The molecule has 0 fully saturated rings. The highest BCUT2D eigenvalue weighted by Gasteiger charge is 2.03. The van der Waals surface area contributed by atoms with E-state index in [4.69, 9.17) is 12.2 Å². The molecule has 0 radical (unpaired) electrons.